The summed E-state index contributed by atoms with van der Waals surface area (Å²) in [6.07, 6.45) is 3.88. The van der Waals surface area contributed by atoms with E-state index in [-0.39, 0.29) is 12.1 Å². The topological polar surface area (TPSA) is 88.2 Å². The van der Waals surface area contributed by atoms with E-state index in [0.717, 1.165) is 17.5 Å². The second-order valence-electron chi connectivity index (χ2n) is 9.06. The van der Waals surface area contributed by atoms with E-state index in [1.54, 1.807) is 17.2 Å². The number of amides is 2. The molecule has 0 aliphatic carbocycles. The number of alkyl halides is 1. The molecule has 0 bridgehead atoms. The Morgan fingerprint density at radius 1 is 1.18 bits per heavy atom. The Kier molecular flexibility index (Phi) is 7.68. The van der Waals surface area contributed by atoms with Crippen LogP contribution in [0.4, 0.5) is 14.9 Å². The lowest BCUT2D eigenvalue weighted by molar-refractivity contribution is 0.0952. The average molecular weight is 515 g/mol. The van der Waals surface area contributed by atoms with Gasteiger partial charge < -0.3 is 9.80 Å². The number of hydrazine groups is 1. The SMILES string of the molecule is CC(c1ccc(Cl)c(N2CCC(F)CC2)c1)N1CCN(C(=O)N2C=CC(NS(C)(=O)=O)N2)CC1. The standard InChI is InChI=1S/C22H32ClFN6O3S/c1-16(17-3-4-19(23)20(15-17)28-8-5-18(24)6-9-28)27-11-13-29(14-12-27)22(31)30-10-7-21(25-30)26-34(2,32)33/h3-4,7,10,15-16,18,21,25-26H,5-6,8-9,11-14H2,1-2H3. The van der Waals surface area contributed by atoms with Crippen LogP contribution in [0.5, 0.6) is 0 Å². The number of nitrogens with zero attached hydrogens (tertiary/aromatic N) is 4. The Hall–Kier alpha value is -1.92. The van der Waals surface area contributed by atoms with E-state index >= 15 is 0 Å². The lowest BCUT2D eigenvalue weighted by Crippen LogP contribution is -2.56. The summed E-state index contributed by atoms with van der Waals surface area (Å²) < 4.78 is 38.8. The van der Waals surface area contributed by atoms with Crippen molar-refractivity contribution in [2.75, 3.05) is 50.4 Å². The summed E-state index contributed by atoms with van der Waals surface area (Å²) in [5, 5.41) is 1.99. The van der Waals surface area contributed by atoms with Gasteiger partial charge in [-0.15, -0.1) is 0 Å². The number of anilines is 1. The summed E-state index contributed by atoms with van der Waals surface area (Å²) in [5.74, 6) is 0. The predicted molar refractivity (Wildman–Crippen MR) is 131 cm³/mol. The molecule has 188 valence electrons. The van der Waals surface area contributed by atoms with Crippen LogP contribution in [0.1, 0.15) is 31.4 Å². The average Bonchev–Trinajstić information content (AvgIpc) is 3.26. The summed E-state index contributed by atoms with van der Waals surface area (Å²) in [7, 11) is -3.39. The normalized spacial score (nSPS) is 23.5. The van der Waals surface area contributed by atoms with Crippen molar-refractivity contribution in [3.63, 3.8) is 0 Å². The third-order valence-corrected chi connectivity index (χ3v) is 7.60. The van der Waals surface area contributed by atoms with Crippen molar-refractivity contribution in [3.8, 4) is 0 Å². The molecule has 3 heterocycles. The first kappa shape index (κ1) is 25.2. The quantitative estimate of drug-likeness (QED) is 0.627. The zero-order valence-corrected chi connectivity index (χ0v) is 21.0. The summed E-state index contributed by atoms with van der Waals surface area (Å²) in [5.41, 5.74) is 4.93. The van der Waals surface area contributed by atoms with Crippen molar-refractivity contribution in [2.24, 2.45) is 0 Å². The molecule has 0 radical (unpaired) electrons. The van der Waals surface area contributed by atoms with Gasteiger partial charge in [0.25, 0.3) is 0 Å². The fourth-order valence-electron chi connectivity index (χ4n) is 4.61. The van der Waals surface area contributed by atoms with Gasteiger partial charge in [0, 0.05) is 51.5 Å². The number of piperazine rings is 1. The molecule has 3 aliphatic heterocycles. The number of sulfonamides is 1. The molecule has 1 aromatic carbocycles. The highest BCUT2D eigenvalue weighted by atomic mass is 35.5. The molecule has 34 heavy (non-hydrogen) atoms. The Morgan fingerprint density at radius 3 is 2.50 bits per heavy atom. The minimum absolute atomic E-state index is 0.139. The van der Waals surface area contributed by atoms with Crippen molar-refractivity contribution < 1.29 is 17.6 Å². The van der Waals surface area contributed by atoms with Gasteiger partial charge in [-0.1, -0.05) is 17.7 Å². The summed E-state index contributed by atoms with van der Waals surface area (Å²) >= 11 is 6.47. The molecule has 0 saturated carbocycles. The van der Waals surface area contributed by atoms with Gasteiger partial charge in [0.05, 0.1) is 17.0 Å². The molecular formula is C22H32ClFN6O3S. The maximum Gasteiger partial charge on any atom is 0.338 e. The van der Waals surface area contributed by atoms with Gasteiger partial charge in [0.15, 0.2) is 0 Å². The number of urea groups is 1. The van der Waals surface area contributed by atoms with Gasteiger partial charge in [-0.2, -0.15) is 4.72 Å². The molecule has 2 fully saturated rings. The third-order valence-electron chi connectivity index (χ3n) is 6.60. The smallest absolute Gasteiger partial charge is 0.338 e. The number of nitrogens with one attached hydrogen (secondary N) is 2. The lowest BCUT2D eigenvalue weighted by Gasteiger charge is -2.39. The number of halogens is 2. The summed E-state index contributed by atoms with van der Waals surface area (Å²) in [6, 6.07) is 5.98. The van der Waals surface area contributed by atoms with Gasteiger partial charge in [-0.3, -0.25) is 4.90 Å². The highest BCUT2D eigenvalue weighted by Gasteiger charge is 2.30. The molecule has 2 N–H and O–H groups in total. The fraction of sp³-hybridized carbons (Fsp3) is 0.591. The van der Waals surface area contributed by atoms with Gasteiger partial charge in [-0.25, -0.2) is 28.0 Å². The molecular weight excluding hydrogens is 483 g/mol. The van der Waals surface area contributed by atoms with Crippen LogP contribution in [0.2, 0.25) is 5.02 Å². The summed E-state index contributed by atoms with van der Waals surface area (Å²) in [6.45, 7) is 6.01. The van der Waals surface area contributed by atoms with Crippen LogP contribution in [-0.2, 0) is 10.0 Å². The monoisotopic (exact) mass is 514 g/mol. The minimum Gasteiger partial charge on any atom is -0.370 e. The van der Waals surface area contributed by atoms with Crippen molar-refractivity contribution in [2.45, 2.75) is 38.1 Å². The number of carbonyl (C=O) groups is 1. The molecule has 1 aromatic rings. The van der Waals surface area contributed by atoms with Crippen molar-refractivity contribution in [1.82, 2.24) is 25.0 Å². The molecule has 2 unspecified atom stereocenters. The van der Waals surface area contributed by atoms with Crippen LogP contribution in [0.3, 0.4) is 0 Å². The van der Waals surface area contributed by atoms with E-state index in [1.807, 2.05) is 12.1 Å². The van der Waals surface area contributed by atoms with Crippen LogP contribution in [0, 0.1) is 0 Å². The highest BCUT2D eigenvalue weighted by molar-refractivity contribution is 7.88. The Morgan fingerprint density at radius 2 is 1.85 bits per heavy atom. The van der Waals surface area contributed by atoms with Crippen LogP contribution in [0.25, 0.3) is 0 Å². The molecule has 0 aromatic heterocycles. The molecule has 2 amide bonds. The van der Waals surface area contributed by atoms with E-state index in [1.165, 1.54) is 5.01 Å². The zero-order valence-electron chi connectivity index (χ0n) is 19.5. The molecule has 9 nitrogen and oxygen atoms in total. The van der Waals surface area contributed by atoms with Gasteiger partial charge in [-0.05, 0) is 43.5 Å². The maximum atomic E-state index is 13.6. The van der Waals surface area contributed by atoms with Crippen LogP contribution in [-0.4, -0.2) is 87.1 Å². The fourth-order valence-corrected chi connectivity index (χ4v) is 5.44. The second-order valence-corrected chi connectivity index (χ2v) is 11.2. The van der Waals surface area contributed by atoms with Gasteiger partial charge >= 0.3 is 6.03 Å². The number of hydrogen-bond acceptors (Lipinski definition) is 6. The van der Waals surface area contributed by atoms with E-state index in [0.29, 0.717) is 57.1 Å². The minimum atomic E-state index is -3.39. The Labute approximate surface area is 205 Å². The van der Waals surface area contributed by atoms with Crippen LogP contribution in [0.15, 0.2) is 30.5 Å². The van der Waals surface area contributed by atoms with Gasteiger partial charge in [0.1, 0.15) is 12.3 Å². The second kappa shape index (κ2) is 10.4. The molecule has 2 atom stereocenters. The van der Waals surface area contributed by atoms with Crippen molar-refractivity contribution in [1.29, 1.82) is 0 Å². The van der Waals surface area contributed by atoms with Crippen LogP contribution >= 0.6 is 11.6 Å². The molecule has 3 aliphatic rings. The zero-order chi connectivity index (χ0) is 24.5. The number of hydrogen-bond donors (Lipinski definition) is 2. The first-order valence-electron chi connectivity index (χ1n) is 11.5. The highest BCUT2D eigenvalue weighted by Crippen LogP contribution is 2.33. The molecule has 4 rings (SSSR count). The Balaban J connectivity index is 1.32. The van der Waals surface area contributed by atoms with Crippen LogP contribution < -0.4 is 15.0 Å². The molecule has 12 heteroatoms. The van der Waals surface area contributed by atoms with Crippen molar-refractivity contribution in [3.05, 3.63) is 41.1 Å². The van der Waals surface area contributed by atoms with Gasteiger partial charge in [0.2, 0.25) is 10.0 Å². The molecule has 0 spiro atoms. The van der Waals surface area contributed by atoms with E-state index in [2.05, 4.69) is 32.9 Å². The third kappa shape index (κ3) is 6.01. The number of rotatable bonds is 5. The maximum absolute atomic E-state index is 13.6. The number of piperidine rings is 1. The molecule has 2 saturated heterocycles. The predicted octanol–water partition coefficient (Wildman–Crippen LogP) is 2.29. The van der Waals surface area contributed by atoms with Crippen molar-refractivity contribution >= 4 is 33.3 Å². The van der Waals surface area contributed by atoms with E-state index in [4.69, 9.17) is 11.6 Å². The number of benzene rings is 1. The first-order valence-corrected chi connectivity index (χ1v) is 13.8. The Bertz CT molecular complexity index is 1030. The van der Waals surface area contributed by atoms with E-state index < -0.39 is 22.4 Å². The largest absolute Gasteiger partial charge is 0.370 e. The summed E-state index contributed by atoms with van der Waals surface area (Å²) in [4.78, 5) is 19.1. The van der Waals surface area contributed by atoms with E-state index in [9.17, 15) is 17.6 Å². The number of carbonyl (C=O) groups excluding carboxylic acids is 1. The first-order chi connectivity index (χ1) is 16.1. The lowest BCUT2D eigenvalue weighted by atomic mass is 10.0.